The van der Waals surface area contributed by atoms with E-state index in [9.17, 15) is 4.79 Å². The van der Waals surface area contributed by atoms with E-state index < -0.39 is 5.97 Å². The summed E-state index contributed by atoms with van der Waals surface area (Å²) in [5.74, 6) is 0.253. The molecule has 1 aromatic carbocycles. The standard InChI is InChI=1S/C16H16Cl2N2O3S/c1-22-15(21)13-14(18)19-16(24-13)20-8-6-10(7-9-20)23-12-5-3-2-4-11(12)17/h2-5,10H,6-9H2,1H3. The van der Waals surface area contributed by atoms with E-state index in [1.54, 1.807) is 0 Å². The zero-order chi connectivity index (χ0) is 17.1. The number of nitrogens with zero attached hydrogens (tertiary/aromatic N) is 2. The molecule has 1 aromatic heterocycles. The molecule has 0 N–H and O–H groups in total. The van der Waals surface area contributed by atoms with Crippen LogP contribution in [-0.2, 0) is 4.74 Å². The van der Waals surface area contributed by atoms with Gasteiger partial charge in [-0.15, -0.1) is 0 Å². The van der Waals surface area contributed by atoms with Gasteiger partial charge in [-0.25, -0.2) is 9.78 Å². The van der Waals surface area contributed by atoms with Crippen LogP contribution in [0.2, 0.25) is 10.2 Å². The molecular formula is C16H16Cl2N2O3S. The summed E-state index contributed by atoms with van der Waals surface area (Å²) in [7, 11) is 1.33. The highest BCUT2D eigenvalue weighted by Crippen LogP contribution is 2.33. The summed E-state index contributed by atoms with van der Waals surface area (Å²) in [6.07, 6.45) is 1.79. The lowest BCUT2D eigenvalue weighted by Gasteiger charge is -2.32. The molecule has 8 heteroatoms. The largest absolute Gasteiger partial charge is 0.489 e. The van der Waals surface area contributed by atoms with Crippen LogP contribution in [0.15, 0.2) is 24.3 Å². The Labute approximate surface area is 154 Å². The van der Waals surface area contributed by atoms with Crippen molar-refractivity contribution < 1.29 is 14.3 Å². The van der Waals surface area contributed by atoms with Gasteiger partial charge in [-0.2, -0.15) is 0 Å². The first-order chi connectivity index (χ1) is 11.6. The zero-order valence-corrected chi connectivity index (χ0v) is 15.3. The molecule has 0 radical (unpaired) electrons. The minimum atomic E-state index is -0.458. The topological polar surface area (TPSA) is 51.7 Å². The first-order valence-electron chi connectivity index (χ1n) is 7.49. The number of carbonyl (C=O) groups excluding carboxylic acids is 1. The molecular weight excluding hydrogens is 371 g/mol. The van der Waals surface area contributed by atoms with E-state index in [1.807, 2.05) is 24.3 Å². The molecule has 24 heavy (non-hydrogen) atoms. The number of esters is 1. The number of para-hydroxylation sites is 1. The molecule has 2 aromatic rings. The van der Waals surface area contributed by atoms with Crippen molar-refractivity contribution in [3.05, 3.63) is 39.3 Å². The van der Waals surface area contributed by atoms with Gasteiger partial charge in [0.15, 0.2) is 15.2 Å². The van der Waals surface area contributed by atoms with Gasteiger partial charge in [-0.3, -0.25) is 0 Å². The molecule has 1 fully saturated rings. The van der Waals surface area contributed by atoms with Crippen molar-refractivity contribution in [1.29, 1.82) is 0 Å². The number of carbonyl (C=O) groups is 1. The maximum Gasteiger partial charge on any atom is 0.351 e. The summed E-state index contributed by atoms with van der Waals surface area (Å²) in [4.78, 5) is 18.3. The SMILES string of the molecule is COC(=O)c1sc(N2CCC(Oc3ccccc3Cl)CC2)nc1Cl. The molecule has 0 saturated carbocycles. The van der Waals surface area contributed by atoms with Crippen LogP contribution in [0, 0.1) is 0 Å². The van der Waals surface area contributed by atoms with Crippen LogP contribution in [-0.4, -0.2) is 37.3 Å². The number of methoxy groups -OCH3 is 1. The molecule has 128 valence electrons. The molecule has 0 spiro atoms. The van der Waals surface area contributed by atoms with E-state index in [2.05, 4.69) is 9.88 Å². The number of rotatable bonds is 4. The van der Waals surface area contributed by atoms with Crippen LogP contribution in [0.1, 0.15) is 22.5 Å². The lowest BCUT2D eigenvalue weighted by molar-refractivity contribution is 0.0606. The second-order valence-corrected chi connectivity index (χ2v) is 7.09. The van der Waals surface area contributed by atoms with E-state index in [0.717, 1.165) is 31.1 Å². The Bertz CT molecular complexity index is 730. The average molecular weight is 387 g/mol. The Morgan fingerprint density at radius 2 is 2.00 bits per heavy atom. The van der Waals surface area contributed by atoms with Crippen LogP contribution >= 0.6 is 34.5 Å². The number of benzene rings is 1. The molecule has 1 aliphatic heterocycles. The Hall–Kier alpha value is -1.50. The number of hydrogen-bond acceptors (Lipinski definition) is 6. The Morgan fingerprint density at radius 1 is 1.29 bits per heavy atom. The van der Waals surface area contributed by atoms with Gasteiger partial charge in [0.05, 0.1) is 12.1 Å². The summed E-state index contributed by atoms with van der Waals surface area (Å²) in [6.45, 7) is 1.55. The van der Waals surface area contributed by atoms with E-state index in [-0.39, 0.29) is 11.3 Å². The Balaban J connectivity index is 1.61. The molecule has 0 atom stereocenters. The zero-order valence-electron chi connectivity index (χ0n) is 13.0. The third kappa shape index (κ3) is 3.77. The third-order valence-corrected chi connectivity index (χ3v) is 5.58. The van der Waals surface area contributed by atoms with Gasteiger partial charge in [-0.05, 0) is 12.1 Å². The van der Waals surface area contributed by atoms with Gasteiger partial charge < -0.3 is 14.4 Å². The smallest absolute Gasteiger partial charge is 0.351 e. The fourth-order valence-corrected chi connectivity index (χ4v) is 3.96. The van der Waals surface area contributed by atoms with Crippen LogP contribution in [0.5, 0.6) is 5.75 Å². The number of ether oxygens (including phenoxy) is 2. The van der Waals surface area contributed by atoms with Gasteiger partial charge >= 0.3 is 5.97 Å². The van der Waals surface area contributed by atoms with Crippen molar-refractivity contribution in [3.8, 4) is 5.75 Å². The summed E-state index contributed by atoms with van der Waals surface area (Å²) >= 11 is 13.4. The quantitative estimate of drug-likeness (QED) is 0.733. The van der Waals surface area contributed by atoms with E-state index in [0.29, 0.717) is 15.6 Å². The molecule has 2 heterocycles. The van der Waals surface area contributed by atoms with Gasteiger partial charge in [-0.1, -0.05) is 46.7 Å². The Kier molecular flexibility index (Phi) is 5.48. The molecule has 1 aliphatic rings. The summed E-state index contributed by atoms with van der Waals surface area (Å²) in [5.41, 5.74) is 0. The molecule has 1 saturated heterocycles. The van der Waals surface area contributed by atoms with Crippen LogP contribution in [0.3, 0.4) is 0 Å². The molecule has 0 amide bonds. The normalized spacial score (nSPS) is 15.4. The first-order valence-corrected chi connectivity index (χ1v) is 9.06. The van der Waals surface area contributed by atoms with Crippen molar-refractivity contribution in [2.24, 2.45) is 0 Å². The predicted molar refractivity (Wildman–Crippen MR) is 95.8 cm³/mol. The molecule has 3 rings (SSSR count). The number of anilines is 1. The molecule has 0 aliphatic carbocycles. The summed E-state index contributed by atoms with van der Waals surface area (Å²) < 4.78 is 10.7. The highest BCUT2D eigenvalue weighted by atomic mass is 35.5. The molecule has 0 bridgehead atoms. The van der Waals surface area contributed by atoms with Gasteiger partial charge in [0.1, 0.15) is 11.9 Å². The van der Waals surface area contributed by atoms with Crippen molar-refractivity contribution >= 4 is 45.6 Å². The van der Waals surface area contributed by atoms with Crippen LogP contribution in [0.4, 0.5) is 5.13 Å². The number of halogens is 2. The van der Waals surface area contributed by atoms with Crippen LogP contribution in [0.25, 0.3) is 0 Å². The minimum absolute atomic E-state index is 0.108. The maximum atomic E-state index is 11.6. The van der Waals surface area contributed by atoms with E-state index >= 15 is 0 Å². The summed E-state index contributed by atoms with van der Waals surface area (Å²) in [6, 6.07) is 7.47. The highest BCUT2D eigenvalue weighted by molar-refractivity contribution is 7.18. The number of hydrogen-bond donors (Lipinski definition) is 0. The fourth-order valence-electron chi connectivity index (χ4n) is 2.53. The van der Waals surface area contributed by atoms with Gasteiger partial charge in [0.2, 0.25) is 0 Å². The maximum absolute atomic E-state index is 11.6. The van der Waals surface area contributed by atoms with Crippen molar-refractivity contribution in [2.75, 3.05) is 25.1 Å². The number of piperidine rings is 1. The predicted octanol–water partition coefficient (Wildman–Crippen LogP) is 4.28. The van der Waals surface area contributed by atoms with Crippen molar-refractivity contribution in [1.82, 2.24) is 4.98 Å². The van der Waals surface area contributed by atoms with E-state index in [1.165, 1.54) is 18.4 Å². The highest BCUT2D eigenvalue weighted by Gasteiger charge is 2.25. The number of aromatic nitrogens is 1. The Morgan fingerprint density at radius 3 is 2.67 bits per heavy atom. The van der Waals surface area contributed by atoms with Crippen molar-refractivity contribution in [2.45, 2.75) is 18.9 Å². The average Bonchev–Trinajstić information content (AvgIpc) is 2.99. The molecule has 0 unspecified atom stereocenters. The minimum Gasteiger partial charge on any atom is -0.489 e. The monoisotopic (exact) mass is 386 g/mol. The second-order valence-electron chi connectivity index (χ2n) is 5.34. The van der Waals surface area contributed by atoms with Gasteiger partial charge in [0.25, 0.3) is 0 Å². The van der Waals surface area contributed by atoms with E-state index in [4.69, 9.17) is 32.7 Å². The lowest BCUT2D eigenvalue weighted by atomic mass is 10.1. The second kappa shape index (κ2) is 7.59. The fraction of sp³-hybridized carbons (Fsp3) is 0.375. The van der Waals surface area contributed by atoms with Crippen molar-refractivity contribution in [3.63, 3.8) is 0 Å². The lowest BCUT2D eigenvalue weighted by Crippen LogP contribution is -2.38. The third-order valence-electron chi connectivity index (χ3n) is 3.79. The first kappa shape index (κ1) is 17.3. The molecule has 5 nitrogen and oxygen atoms in total. The van der Waals surface area contributed by atoms with Gasteiger partial charge in [0, 0.05) is 25.9 Å². The van der Waals surface area contributed by atoms with Crippen LogP contribution < -0.4 is 9.64 Å². The number of thiazole rings is 1. The summed E-state index contributed by atoms with van der Waals surface area (Å²) in [5, 5.41) is 1.54.